The second-order valence-corrected chi connectivity index (χ2v) is 4.86. The van der Waals surface area contributed by atoms with Crippen LogP contribution in [0.5, 0.6) is 0 Å². The summed E-state index contributed by atoms with van der Waals surface area (Å²) < 4.78 is 36.1. The fourth-order valence-electron chi connectivity index (χ4n) is 0.881. The van der Waals surface area contributed by atoms with Crippen LogP contribution >= 0.6 is 0 Å². The van der Waals surface area contributed by atoms with Crippen LogP contribution in [0.2, 0.25) is 0 Å². The van der Waals surface area contributed by atoms with Gasteiger partial charge in [-0.1, -0.05) is 30.3 Å². The molecule has 0 amide bonds. The predicted molar refractivity (Wildman–Crippen MR) is 66.7 cm³/mol. The summed E-state index contributed by atoms with van der Waals surface area (Å²) in [7, 11) is -3.96. The molecule has 8 heteroatoms. The number of hydrogen-bond acceptors (Lipinski definition) is 6. The molecule has 0 aliphatic carbocycles. The molecule has 6 nitrogen and oxygen atoms in total. The average Bonchev–Trinajstić information content (AvgIpc) is 2.39. The molecule has 0 unspecified atom stereocenters. The summed E-state index contributed by atoms with van der Waals surface area (Å²) in [6, 6.07) is 9.10. The fraction of sp³-hybridized carbons (Fsp3) is 0.273. The molecule has 1 aromatic rings. The monoisotopic (exact) mass is 291 g/mol. The lowest BCUT2D eigenvalue weighted by Crippen LogP contribution is -2.21. The van der Waals surface area contributed by atoms with E-state index in [2.05, 4.69) is 4.18 Å². The van der Waals surface area contributed by atoms with Gasteiger partial charge >= 0.3 is 16.1 Å². The molecule has 0 spiro atoms. The smallest absolute Gasteiger partial charge is 0.343 e. The van der Waals surface area contributed by atoms with Crippen molar-refractivity contribution in [3.8, 4) is 0 Å². The van der Waals surface area contributed by atoms with Gasteiger partial charge in [-0.05, 0) is 0 Å². The van der Waals surface area contributed by atoms with E-state index in [9.17, 15) is 22.4 Å². The van der Waals surface area contributed by atoms with Crippen LogP contribution in [0.15, 0.2) is 30.3 Å². The molecule has 0 saturated heterocycles. The zero-order valence-electron chi connectivity index (χ0n) is 9.99. The maximum absolute atomic E-state index is 11.4. The second kappa shape index (κ2) is 9.17. The summed E-state index contributed by atoms with van der Waals surface area (Å²) in [4.78, 5) is 20.1. The van der Waals surface area contributed by atoms with Gasteiger partial charge in [-0.3, -0.25) is 4.79 Å². The zero-order chi connectivity index (χ0) is 14.7. The number of hydrogen-bond donors (Lipinski definition) is 1. The maximum Gasteiger partial charge on any atom is 0.353 e. The van der Waals surface area contributed by atoms with Crippen LogP contribution in [0.3, 0.4) is 0 Å². The van der Waals surface area contributed by atoms with Crippen molar-refractivity contribution >= 4 is 22.4 Å². The molecule has 19 heavy (non-hydrogen) atoms. The molecular formula is C11H14FNO5S. The Morgan fingerprint density at radius 2 is 1.89 bits per heavy atom. The Morgan fingerprint density at radius 1 is 1.32 bits per heavy atom. The Labute approximate surface area is 110 Å². The normalized spacial score (nSPS) is 10.0. The first-order valence-electron chi connectivity index (χ1n) is 5.16. The highest BCUT2D eigenvalue weighted by atomic mass is 32.2. The third-order valence-corrected chi connectivity index (χ3v) is 2.81. The molecule has 0 aliphatic heterocycles. The molecule has 1 aromatic carbocycles. The van der Waals surface area contributed by atoms with Gasteiger partial charge in [0.15, 0.2) is 6.67 Å². The van der Waals surface area contributed by atoms with Crippen LogP contribution in [0.25, 0.3) is 0 Å². The Balaban J connectivity index is 0.000000356. The van der Waals surface area contributed by atoms with E-state index in [0.29, 0.717) is 0 Å². The van der Waals surface area contributed by atoms with Crippen molar-refractivity contribution < 1.29 is 26.6 Å². The van der Waals surface area contributed by atoms with Crippen LogP contribution in [-0.2, 0) is 19.1 Å². The number of carbonyl (C=O) groups is 2. The number of benzene rings is 1. The fourth-order valence-corrected chi connectivity index (χ4v) is 1.58. The summed E-state index contributed by atoms with van der Waals surface area (Å²) in [5.74, 6) is -1.91. The molecule has 0 aliphatic rings. The Bertz CT molecular complexity index is 489. The predicted octanol–water partition coefficient (Wildman–Crippen LogP) is 0.287. The highest BCUT2D eigenvalue weighted by Crippen LogP contribution is 1.93. The minimum absolute atomic E-state index is 0.165. The number of alkyl halides is 1. The van der Waals surface area contributed by atoms with Crippen LogP contribution in [0, 0.1) is 0 Å². The van der Waals surface area contributed by atoms with Gasteiger partial charge in [0.2, 0.25) is 0 Å². The van der Waals surface area contributed by atoms with Gasteiger partial charge in [-0.25, -0.2) is 9.18 Å². The van der Waals surface area contributed by atoms with Gasteiger partial charge in [0.1, 0.15) is 6.29 Å². The quantitative estimate of drug-likeness (QED) is 0.617. The minimum Gasteiger partial charge on any atom is -0.343 e. The number of aldehydes is 1. The summed E-state index contributed by atoms with van der Waals surface area (Å²) >= 11 is 0. The van der Waals surface area contributed by atoms with E-state index >= 15 is 0 Å². The summed E-state index contributed by atoms with van der Waals surface area (Å²) in [6.45, 7) is -1.62. The van der Waals surface area contributed by atoms with Crippen LogP contribution in [-0.4, -0.2) is 39.6 Å². The molecule has 0 aromatic heterocycles. The first-order valence-corrected chi connectivity index (χ1v) is 6.74. The Kier molecular flexibility index (Phi) is 8.30. The Hall–Kier alpha value is -1.80. The van der Waals surface area contributed by atoms with Crippen LogP contribution in [0.1, 0.15) is 10.4 Å². The first kappa shape index (κ1) is 17.2. The molecule has 0 saturated carbocycles. The molecule has 106 valence electrons. The van der Waals surface area contributed by atoms with E-state index in [0.717, 1.165) is 11.8 Å². The van der Waals surface area contributed by atoms with E-state index in [1.165, 1.54) is 0 Å². The molecule has 0 atom stereocenters. The lowest BCUT2D eigenvalue weighted by atomic mass is 10.2. The molecule has 0 heterocycles. The molecule has 2 N–H and O–H groups in total. The third kappa shape index (κ3) is 8.86. The maximum atomic E-state index is 11.4. The van der Waals surface area contributed by atoms with Crippen molar-refractivity contribution in [2.75, 3.05) is 19.0 Å². The van der Waals surface area contributed by atoms with Crippen LogP contribution in [0.4, 0.5) is 4.39 Å². The van der Waals surface area contributed by atoms with Crippen molar-refractivity contribution in [3.63, 3.8) is 0 Å². The second-order valence-electron chi connectivity index (χ2n) is 3.17. The van der Waals surface area contributed by atoms with Crippen molar-refractivity contribution in [2.24, 2.45) is 5.73 Å². The van der Waals surface area contributed by atoms with Crippen LogP contribution < -0.4 is 5.73 Å². The Morgan fingerprint density at radius 3 is 2.26 bits per heavy atom. The number of carbonyl (C=O) groups excluding carboxylic acids is 2. The number of nitrogens with two attached hydrogens (primary N) is 1. The largest absolute Gasteiger partial charge is 0.353 e. The number of rotatable bonds is 5. The van der Waals surface area contributed by atoms with E-state index in [-0.39, 0.29) is 6.54 Å². The summed E-state index contributed by atoms with van der Waals surface area (Å²) in [6.07, 6.45) is 0.833. The van der Waals surface area contributed by atoms with E-state index in [1.807, 2.05) is 18.2 Å². The molecular weight excluding hydrogens is 277 g/mol. The van der Waals surface area contributed by atoms with Gasteiger partial charge in [0.05, 0.1) is 5.75 Å². The van der Waals surface area contributed by atoms with Gasteiger partial charge < -0.3 is 9.92 Å². The van der Waals surface area contributed by atoms with Gasteiger partial charge in [-0.15, -0.1) is 0 Å². The summed E-state index contributed by atoms with van der Waals surface area (Å²) in [5.41, 5.74) is 5.60. The van der Waals surface area contributed by atoms with Gasteiger partial charge in [0, 0.05) is 12.1 Å². The lowest BCUT2D eigenvalue weighted by Gasteiger charge is -2.00. The SMILES string of the molecule is NCCS(=O)(=O)OC(=O)CF.O=Cc1ccccc1. The van der Waals surface area contributed by atoms with E-state index < -0.39 is 28.5 Å². The lowest BCUT2D eigenvalue weighted by molar-refractivity contribution is -0.134. The summed E-state index contributed by atoms with van der Waals surface area (Å²) in [5, 5.41) is 0. The highest BCUT2D eigenvalue weighted by Gasteiger charge is 2.15. The molecule has 0 radical (unpaired) electrons. The molecule has 1 rings (SSSR count). The first-order chi connectivity index (χ1) is 8.95. The van der Waals surface area contributed by atoms with Crippen molar-refractivity contribution in [3.05, 3.63) is 35.9 Å². The van der Waals surface area contributed by atoms with Gasteiger partial charge in [-0.2, -0.15) is 8.42 Å². The van der Waals surface area contributed by atoms with Crippen molar-refractivity contribution in [1.82, 2.24) is 0 Å². The van der Waals surface area contributed by atoms with E-state index in [1.54, 1.807) is 12.1 Å². The zero-order valence-corrected chi connectivity index (χ0v) is 10.8. The molecule has 0 fully saturated rings. The number of halogens is 1. The standard InChI is InChI=1S/C7H6O.C4H8FNO4S/c8-6-7-4-2-1-3-5-7;5-3-4(7)10-11(8,9)2-1-6/h1-6H;1-3,6H2. The van der Waals surface area contributed by atoms with Crippen molar-refractivity contribution in [2.45, 2.75) is 0 Å². The molecule has 0 bridgehead atoms. The minimum atomic E-state index is -3.96. The third-order valence-electron chi connectivity index (χ3n) is 1.63. The highest BCUT2D eigenvalue weighted by molar-refractivity contribution is 7.87. The van der Waals surface area contributed by atoms with Crippen molar-refractivity contribution in [1.29, 1.82) is 0 Å². The van der Waals surface area contributed by atoms with E-state index in [4.69, 9.17) is 5.73 Å². The van der Waals surface area contributed by atoms with Gasteiger partial charge in [0.25, 0.3) is 0 Å². The average molecular weight is 291 g/mol. The topological polar surface area (TPSA) is 104 Å².